The first-order chi connectivity index (χ1) is 11.8. The Bertz CT molecular complexity index is 875. The molecule has 0 radical (unpaired) electrons. The Morgan fingerprint density at radius 1 is 1.32 bits per heavy atom. The lowest BCUT2D eigenvalue weighted by molar-refractivity contribution is 0.0725. The molecular weight excluding hydrogens is 322 g/mol. The van der Waals surface area contributed by atoms with Crippen LogP contribution in [0.3, 0.4) is 0 Å². The number of nitrogens with two attached hydrogens (primary N) is 2. The second-order valence-electron chi connectivity index (χ2n) is 6.55. The van der Waals surface area contributed by atoms with Crippen LogP contribution >= 0.6 is 0 Å². The maximum absolute atomic E-state index is 12.8. The van der Waals surface area contributed by atoms with Crippen molar-refractivity contribution >= 4 is 17.8 Å². The summed E-state index contributed by atoms with van der Waals surface area (Å²) in [7, 11) is 0. The van der Waals surface area contributed by atoms with Crippen molar-refractivity contribution in [3.8, 4) is 0 Å². The summed E-state index contributed by atoms with van der Waals surface area (Å²) < 4.78 is 0. The van der Waals surface area contributed by atoms with Crippen molar-refractivity contribution in [3.05, 3.63) is 39.1 Å². The molecule has 132 valence electrons. The van der Waals surface area contributed by atoms with Crippen molar-refractivity contribution in [2.24, 2.45) is 5.92 Å². The van der Waals surface area contributed by atoms with Crippen molar-refractivity contribution in [1.29, 1.82) is 0 Å². The molecule has 0 unspecified atom stereocenters. The van der Waals surface area contributed by atoms with Crippen molar-refractivity contribution < 1.29 is 4.79 Å². The molecule has 25 heavy (non-hydrogen) atoms. The Labute approximate surface area is 144 Å². The molecule has 0 saturated carbocycles. The molecule has 0 fully saturated rings. The second kappa shape index (κ2) is 6.50. The summed E-state index contributed by atoms with van der Waals surface area (Å²) in [5.41, 5.74) is 13.2. The summed E-state index contributed by atoms with van der Waals surface area (Å²) >= 11 is 0. The van der Waals surface area contributed by atoms with Crippen LogP contribution in [0.2, 0.25) is 0 Å². The third kappa shape index (κ3) is 3.59. The van der Waals surface area contributed by atoms with Gasteiger partial charge in [0.1, 0.15) is 5.69 Å². The smallest absolute Gasteiger partial charge is 0.273 e. The number of hydrogen-bond donors (Lipinski definition) is 3. The lowest BCUT2D eigenvalue weighted by atomic mass is 10.1. The zero-order valence-electron chi connectivity index (χ0n) is 14.2. The van der Waals surface area contributed by atoms with E-state index in [4.69, 9.17) is 11.5 Å². The van der Waals surface area contributed by atoms with Gasteiger partial charge in [-0.3, -0.25) is 14.6 Å². The third-order valence-electron chi connectivity index (χ3n) is 4.01. The standard InChI is InChI=1S/C16H21N7O2/c1-8(2)5-9-6-11(20-15(17)19-9)14(25)23-4-3-10-12(7-23)21-16(18)22-13(10)24/h6,8H,3-5,7H2,1-2H3,(H2,17,19,20)(H3,18,21,22,24). The number of nitrogens with one attached hydrogen (secondary N) is 1. The number of anilines is 2. The Morgan fingerprint density at radius 3 is 2.80 bits per heavy atom. The zero-order chi connectivity index (χ0) is 18.1. The number of carbonyl (C=O) groups is 1. The molecule has 3 heterocycles. The fourth-order valence-electron chi connectivity index (χ4n) is 2.94. The second-order valence-corrected chi connectivity index (χ2v) is 6.55. The number of carbonyl (C=O) groups excluding carboxylic acids is 1. The van der Waals surface area contributed by atoms with Gasteiger partial charge in [-0.25, -0.2) is 15.0 Å². The molecule has 0 aromatic carbocycles. The summed E-state index contributed by atoms with van der Waals surface area (Å²) in [4.78, 5) is 41.2. The van der Waals surface area contributed by atoms with Gasteiger partial charge in [0.05, 0.1) is 12.2 Å². The molecule has 2 aromatic rings. The van der Waals surface area contributed by atoms with E-state index in [0.29, 0.717) is 36.6 Å². The van der Waals surface area contributed by atoms with E-state index in [2.05, 4.69) is 33.8 Å². The molecule has 0 aliphatic carbocycles. The molecule has 0 atom stereocenters. The van der Waals surface area contributed by atoms with Gasteiger partial charge in [-0.1, -0.05) is 13.8 Å². The Balaban J connectivity index is 1.87. The van der Waals surface area contributed by atoms with Crippen LogP contribution in [0.4, 0.5) is 11.9 Å². The molecular formula is C16H21N7O2. The first-order valence-corrected chi connectivity index (χ1v) is 8.13. The van der Waals surface area contributed by atoms with Gasteiger partial charge in [0.2, 0.25) is 11.9 Å². The summed E-state index contributed by atoms with van der Waals surface area (Å²) in [5, 5.41) is 0. The highest BCUT2D eigenvalue weighted by molar-refractivity contribution is 5.92. The number of hydrogen-bond acceptors (Lipinski definition) is 7. The number of nitrogens with zero attached hydrogens (tertiary/aromatic N) is 4. The minimum Gasteiger partial charge on any atom is -0.369 e. The molecule has 3 rings (SSSR count). The topological polar surface area (TPSA) is 144 Å². The fraction of sp³-hybridized carbons (Fsp3) is 0.438. The van der Waals surface area contributed by atoms with Gasteiger partial charge in [0, 0.05) is 17.8 Å². The first kappa shape index (κ1) is 16.9. The monoisotopic (exact) mass is 343 g/mol. The van der Waals surface area contributed by atoms with E-state index in [1.54, 1.807) is 11.0 Å². The van der Waals surface area contributed by atoms with Crippen LogP contribution < -0.4 is 17.0 Å². The van der Waals surface area contributed by atoms with Gasteiger partial charge in [-0.05, 0) is 24.8 Å². The fourth-order valence-corrected chi connectivity index (χ4v) is 2.94. The number of H-pyrrole nitrogens is 1. The Kier molecular flexibility index (Phi) is 4.39. The number of amides is 1. The van der Waals surface area contributed by atoms with E-state index in [0.717, 1.165) is 5.69 Å². The molecule has 0 saturated heterocycles. The molecule has 1 amide bonds. The number of nitrogen functional groups attached to an aromatic ring is 2. The van der Waals surface area contributed by atoms with Crippen LogP contribution in [0.15, 0.2) is 10.9 Å². The maximum atomic E-state index is 12.8. The van der Waals surface area contributed by atoms with Crippen molar-refractivity contribution in [2.45, 2.75) is 33.2 Å². The minimum atomic E-state index is -0.259. The average molecular weight is 343 g/mol. The van der Waals surface area contributed by atoms with Gasteiger partial charge in [-0.2, -0.15) is 0 Å². The molecule has 5 N–H and O–H groups in total. The van der Waals surface area contributed by atoms with Crippen molar-refractivity contribution in [3.63, 3.8) is 0 Å². The molecule has 0 spiro atoms. The lowest BCUT2D eigenvalue weighted by Gasteiger charge is -2.27. The van der Waals surface area contributed by atoms with Crippen molar-refractivity contribution in [2.75, 3.05) is 18.0 Å². The van der Waals surface area contributed by atoms with E-state index in [1.165, 1.54) is 0 Å². The first-order valence-electron chi connectivity index (χ1n) is 8.13. The number of aromatic nitrogens is 4. The number of rotatable bonds is 3. The van der Waals surface area contributed by atoms with Gasteiger partial charge >= 0.3 is 0 Å². The van der Waals surface area contributed by atoms with Crippen LogP contribution in [0.5, 0.6) is 0 Å². The van der Waals surface area contributed by atoms with E-state index in [-0.39, 0.29) is 35.6 Å². The highest BCUT2D eigenvalue weighted by Gasteiger charge is 2.26. The largest absolute Gasteiger partial charge is 0.369 e. The SMILES string of the molecule is CC(C)Cc1cc(C(=O)N2CCc3c(nc(N)[nH]c3=O)C2)nc(N)n1. The Hall–Kier alpha value is -2.97. The molecule has 0 bridgehead atoms. The van der Waals surface area contributed by atoms with Crippen LogP contribution in [0, 0.1) is 5.92 Å². The lowest BCUT2D eigenvalue weighted by Crippen LogP contribution is -2.39. The summed E-state index contributed by atoms with van der Waals surface area (Å²) in [5.74, 6) is 0.254. The van der Waals surface area contributed by atoms with Crippen molar-refractivity contribution in [1.82, 2.24) is 24.8 Å². The predicted molar refractivity (Wildman–Crippen MR) is 92.7 cm³/mol. The third-order valence-corrected chi connectivity index (χ3v) is 4.01. The van der Waals surface area contributed by atoms with E-state index < -0.39 is 0 Å². The van der Waals surface area contributed by atoms with Crippen LogP contribution in [-0.4, -0.2) is 37.3 Å². The van der Waals surface area contributed by atoms with Gasteiger partial charge in [0.15, 0.2) is 0 Å². The van der Waals surface area contributed by atoms with Crippen LogP contribution in [-0.2, 0) is 19.4 Å². The van der Waals surface area contributed by atoms with E-state index in [9.17, 15) is 9.59 Å². The highest BCUT2D eigenvalue weighted by Crippen LogP contribution is 2.17. The zero-order valence-corrected chi connectivity index (χ0v) is 14.2. The average Bonchev–Trinajstić information content (AvgIpc) is 2.52. The van der Waals surface area contributed by atoms with Crippen LogP contribution in [0.1, 0.15) is 41.3 Å². The van der Waals surface area contributed by atoms with E-state index >= 15 is 0 Å². The quantitative estimate of drug-likeness (QED) is 0.718. The normalized spacial score (nSPS) is 13.8. The Morgan fingerprint density at radius 2 is 2.08 bits per heavy atom. The van der Waals surface area contributed by atoms with Crippen LogP contribution in [0.25, 0.3) is 0 Å². The molecule has 1 aliphatic heterocycles. The molecule has 1 aliphatic rings. The summed E-state index contributed by atoms with van der Waals surface area (Å²) in [6.07, 6.45) is 1.13. The van der Waals surface area contributed by atoms with E-state index in [1.807, 2.05) is 0 Å². The molecule has 2 aromatic heterocycles. The van der Waals surface area contributed by atoms with Gasteiger partial charge < -0.3 is 16.4 Å². The molecule has 9 heteroatoms. The number of fused-ring (bicyclic) bond motifs is 1. The number of aromatic amines is 1. The minimum absolute atomic E-state index is 0.0450. The maximum Gasteiger partial charge on any atom is 0.273 e. The van der Waals surface area contributed by atoms with Gasteiger partial charge in [-0.15, -0.1) is 0 Å². The summed E-state index contributed by atoms with van der Waals surface area (Å²) in [6, 6.07) is 1.67. The van der Waals surface area contributed by atoms with Gasteiger partial charge in [0.25, 0.3) is 11.5 Å². The predicted octanol–water partition coefficient (Wildman–Crippen LogP) is 0.121. The highest BCUT2D eigenvalue weighted by atomic mass is 16.2. The molecule has 9 nitrogen and oxygen atoms in total. The summed E-state index contributed by atoms with van der Waals surface area (Å²) in [6.45, 7) is 4.75.